The second-order valence-corrected chi connectivity index (χ2v) is 7.76. The van der Waals surface area contributed by atoms with Gasteiger partial charge in [0.2, 0.25) is 0 Å². The molecule has 4 nitrogen and oxygen atoms in total. The van der Waals surface area contributed by atoms with E-state index in [4.69, 9.17) is 4.74 Å². The van der Waals surface area contributed by atoms with Gasteiger partial charge in [-0.25, -0.2) is 0 Å². The fourth-order valence-electron chi connectivity index (χ4n) is 4.15. The van der Waals surface area contributed by atoms with E-state index in [1.54, 1.807) is 12.1 Å². The lowest BCUT2D eigenvalue weighted by molar-refractivity contribution is -0.0286. The van der Waals surface area contributed by atoms with Gasteiger partial charge in [0.1, 0.15) is 17.6 Å². The predicted octanol–water partition coefficient (Wildman–Crippen LogP) is 3.16. The zero-order valence-electron chi connectivity index (χ0n) is 15.1. The van der Waals surface area contributed by atoms with Crippen LogP contribution in [0.2, 0.25) is 0 Å². The lowest BCUT2D eigenvalue weighted by Gasteiger charge is -2.40. The van der Waals surface area contributed by atoms with Gasteiger partial charge in [0, 0.05) is 26.1 Å². The summed E-state index contributed by atoms with van der Waals surface area (Å²) in [6.07, 6.45) is 4.45. The minimum Gasteiger partial charge on any atom is -0.508 e. The van der Waals surface area contributed by atoms with Gasteiger partial charge in [-0.15, -0.1) is 0 Å². The molecule has 2 N–H and O–H groups in total. The number of aryl methyl sites for hydroxylation is 1. The highest BCUT2D eigenvalue weighted by Gasteiger charge is 2.33. The van der Waals surface area contributed by atoms with E-state index < -0.39 is 5.60 Å². The monoisotopic (exact) mass is 353 g/mol. The number of benzene rings is 2. The SMILES string of the molecule is Oc1ccc2c(c1)CCC(CN1CCC(O)(Cc3ccccc3)CC1)O2. The first-order chi connectivity index (χ1) is 12.6. The van der Waals surface area contributed by atoms with Gasteiger partial charge in [-0.2, -0.15) is 0 Å². The molecular weight excluding hydrogens is 326 g/mol. The Morgan fingerprint density at radius 2 is 1.85 bits per heavy atom. The van der Waals surface area contributed by atoms with Gasteiger partial charge in [0.15, 0.2) is 0 Å². The van der Waals surface area contributed by atoms with Gasteiger partial charge in [-0.1, -0.05) is 30.3 Å². The van der Waals surface area contributed by atoms with Crippen molar-refractivity contribution in [3.8, 4) is 11.5 Å². The van der Waals surface area contributed by atoms with E-state index in [1.807, 2.05) is 24.3 Å². The highest BCUT2D eigenvalue weighted by atomic mass is 16.5. The molecule has 2 heterocycles. The summed E-state index contributed by atoms with van der Waals surface area (Å²) >= 11 is 0. The Kier molecular flexibility index (Phi) is 4.88. The Bertz CT molecular complexity index is 738. The Morgan fingerprint density at radius 1 is 1.08 bits per heavy atom. The van der Waals surface area contributed by atoms with Gasteiger partial charge >= 0.3 is 0 Å². The molecule has 2 aliphatic rings. The molecular formula is C22H27NO3. The van der Waals surface area contributed by atoms with Gasteiger partial charge in [-0.3, -0.25) is 4.90 Å². The molecule has 0 saturated carbocycles. The fourth-order valence-corrected chi connectivity index (χ4v) is 4.15. The highest BCUT2D eigenvalue weighted by Crippen LogP contribution is 2.32. The van der Waals surface area contributed by atoms with Crippen molar-refractivity contribution in [3.63, 3.8) is 0 Å². The van der Waals surface area contributed by atoms with Crippen LogP contribution >= 0.6 is 0 Å². The Morgan fingerprint density at radius 3 is 2.62 bits per heavy atom. The molecule has 1 saturated heterocycles. The summed E-state index contributed by atoms with van der Waals surface area (Å²) in [5.41, 5.74) is 1.71. The first-order valence-electron chi connectivity index (χ1n) is 9.57. The van der Waals surface area contributed by atoms with Crippen molar-refractivity contribution >= 4 is 0 Å². The Balaban J connectivity index is 1.29. The number of piperidine rings is 1. The molecule has 4 heteroatoms. The average Bonchev–Trinajstić information content (AvgIpc) is 2.65. The van der Waals surface area contributed by atoms with Crippen molar-refractivity contribution in [2.45, 2.75) is 43.8 Å². The summed E-state index contributed by atoms with van der Waals surface area (Å²) < 4.78 is 6.12. The van der Waals surface area contributed by atoms with E-state index in [-0.39, 0.29) is 6.10 Å². The van der Waals surface area contributed by atoms with Crippen LogP contribution in [0.15, 0.2) is 48.5 Å². The van der Waals surface area contributed by atoms with E-state index in [1.165, 1.54) is 5.56 Å². The Labute approximate surface area is 155 Å². The maximum Gasteiger partial charge on any atom is 0.123 e. The van der Waals surface area contributed by atoms with Crippen LogP contribution in [0.4, 0.5) is 0 Å². The molecule has 26 heavy (non-hydrogen) atoms. The number of hydrogen-bond donors (Lipinski definition) is 2. The molecule has 1 unspecified atom stereocenters. The molecule has 138 valence electrons. The fraction of sp³-hybridized carbons (Fsp3) is 0.455. The van der Waals surface area contributed by atoms with Crippen molar-refractivity contribution in [2.24, 2.45) is 0 Å². The maximum absolute atomic E-state index is 10.9. The molecule has 2 aromatic rings. The normalized spacial score (nSPS) is 22.4. The minimum atomic E-state index is -0.588. The van der Waals surface area contributed by atoms with Gasteiger partial charge < -0.3 is 14.9 Å². The smallest absolute Gasteiger partial charge is 0.123 e. The molecule has 2 aromatic carbocycles. The molecule has 2 aliphatic heterocycles. The maximum atomic E-state index is 10.9. The molecule has 0 amide bonds. The number of rotatable bonds is 4. The lowest BCUT2D eigenvalue weighted by atomic mass is 9.85. The molecule has 0 spiro atoms. The molecule has 4 rings (SSSR count). The molecule has 0 aliphatic carbocycles. The van der Waals surface area contributed by atoms with Crippen molar-refractivity contribution in [1.82, 2.24) is 4.90 Å². The summed E-state index contributed by atoms with van der Waals surface area (Å²) in [6, 6.07) is 15.6. The van der Waals surface area contributed by atoms with Crippen LogP contribution in [-0.2, 0) is 12.8 Å². The average molecular weight is 353 g/mol. The van der Waals surface area contributed by atoms with Crippen LogP contribution < -0.4 is 4.74 Å². The molecule has 1 atom stereocenters. The number of phenols is 1. The Hall–Kier alpha value is -2.04. The number of fused-ring (bicyclic) bond motifs is 1. The third-order valence-corrected chi connectivity index (χ3v) is 5.70. The first kappa shape index (κ1) is 17.4. The third kappa shape index (κ3) is 4.02. The summed E-state index contributed by atoms with van der Waals surface area (Å²) in [4.78, 5) is 2.41. The zero-order chi connectivity index (χ0) is 18.0. The van der Waals surface area contributed by atoms with Gasteiger partial charge in [-0.05, 0) is 55.0 Å². The summed E-state index contributed by atoms with van der Waals surface area (Å²) in [5, 5.41) is 20.5. The van der Waals surface area contributed by atoms with E-state index in [9.17, 15) is 10.2 Å². The minimum absolute atomic E-state index is 0.187. The van der Waals surface area contributed by atoms with E-state index in [2.05, 4.69) is 17.0 Å². The second-order valence-electron chi connectivity index (χ2n) is 7.76. The number of hydrogen-bond acceptors (Lipinski definition) is 4. The van der Waals surface area contributed by atoms with Crippen molar-refractivity contribution < 1.29 is 14.9 Å². The van der Waals surface area contributed by atoms with Gasteiger partial charge in [0.05, 0.1) is 5.60 Å². The molecule has 0 radical (unpaired) electrons. The van der Waals surface area contributed by atoms with Crippen LogP contribution in [0.3, 0.4) is 0 Å². The van der Waals surface area contributed by atoms with Crippen molar-refractivity contribution in [2.75, 3.05) is 19.6 Å². The number of aromatic hydroxyl groups is 1. The van der Waals surface area contributed by atoms with Crippen LogP contribution in [-0.4, -0.2) is 46.5 Å². The largest absolute Gasteiger partial charge is 0.508 e. The van der Waals surface area contributed by atoms with Gasteiger partial charge in [0.25, 0.3) is 0 Å². The summed E-state index contributed by atoms with van der Waals surface area (Å²) in [5.74, 6) is 1.20. The van der Waals surface area contributed by atoms with Crippen LogP contribution in [0.5, 0.6) is 11.5 Å². The quantitative estimate of drug-likeness (QED) is 0.887. The number of nitrogens with zero attached hydrogens (tertiary/aromatic N) is 1. The summed E-state index contributed by atoms with van der Waals surface area (Å²) in [6.45, 7) is 2.72. The van der Waals surface area contributed by atoms with Crippen LogP contribution in [0, 0.1) is 0 Å². The highest BCUT2D eigenvalue weighted by molar-refractivity contribution is 5.41. The molecule has 1 fully saturated rings. The number of likely N-dealkylation sites (tertiary alicyclic amines) is 1. The van der Waals surface area contributed by atoms with Crippen molar-refractivity contribution in [3.05, 3.63) is 59.7 Å². The standard InChI is InChI=1S/C22H27NO3/c24-19-7-9-21-18(14-19)6-8-20(26-21)16-23-12-10-22(25,11-13-23)15-17-4-2-1-3-5-17/h1-5,7,9,14,20,24-25H,6,8,10-13,15-16H2. The molecule has 0 aromatic heterocycles. The molecule has 0 bridgehead atoms. The van der Waals surface area contributed by atoms with E-state index in [0.29, 0.717) is 5.75 Å². The van der Waals surface area contributed by atoms with Crippen LogP contribution in [0.25, 0.3) is 0 Å². The third-order valence-electron chi connectivity index (χ3n) is 5.70. The first-order valence-corrected chi connectivity index (χ1v) is 9.57. The van der Waals surface area contributed by atoms with E-state index in [0.717, 1.165) is 63.1 Å². The lowest BCUT2D eigenvalue weighted by Crippen LogP contribution is -2.48. The zero-order valence-corrected chi connectivity index (χ0v) is 15.1. The van der Waals surface area contributed by atoms with Crippen molar-refractivity contribution in [1.29, 1.82) is 0 Å². The second kappa shape index (κ2) is 7.29. The predicted molar refractivity (Wildman–Crippen MR) is 102 cm³/mol. The number of ether oxygens (including phenoxy) is 1. The van der Waals surface area contributed by atoms with E-state index >= 15 is 0 Å². The topological polar surface area (TPSA) is 52.9 Å². The number of phenolic OH excluding ortho intramolecular Hbond substituents is 1. The number of aliphatic hydroxyl groups is 1. The summed E-state index contributed by atoms with van der Waals surface area (Å²) in [7, 11) is 0. The van der Waals surface area contributed by atoms with Crippen LogP contribution in [0.1, 0.15) is 30.4 Å².